The molecule has 0 spiro atoms. The molecule has 6 heteroatoms. The second-order valence-corrected chi connectivity index (χ2v) is 7.08. The van der Waals surface area contributed by atoms with Crippen LogP contribution in [0.3, 0.4) is 0 Å². The molecule has 0 radical (unpaired) electrons. The fraction of sp³-hybridized carbons (Fsp3) is 0.500. The van der Waals surface area contributed by atoms with E-state index in [9.17, 15) is 0 Å². The van der Waals surface area contributed by atoms with Crippen LogP contribution in [0.15, 0.2) is 29.6 Å². The topological polar surface area (TPSA) is 52.6 Å². The van der Waals surface area contributed by atoms with Crippen molar-refractivity contribution >= 4 is 11.3 Å². The Morgan fingerprint density at radius 2 is 2.00 bits per heavy atom. The lowest BCUT2D eigenvalue weighted by atomic mass is 10.0. The van der Waals surface area contributed by atoms with E-state index in [0.717, 1.165) is 35.8 Å². The van der Waals surface area contributed by atoms with E-state index in [1.807, 2.05) is 12.3 Å². The standard InChI is InChI=1S/C18H22N2O3S/c1-2-21-14-5-3-13(4-6-14)18(7-8-18)19-11-16-20-15(12-24-16)17-22-9-10-23-17/h3-6,12,17,19H,2,7-11H2,1H3. The molecule has 128 valence electrons. The number of nitrogens with zero attached hydrogens (tertiary/aromatic N) is 1. The van der Waals surface area contributed by atoms with Crippen molar-refractivity contribution in [2.75, 3.05) is 19.8 Å². The molecule has 0 amide bonds. The fourth-order valence-electron chi connectivity index (χ4n) is 3.02. The number of thiazole rings is 1. The van der Waals surface area contributed by atoms with Crippen molar-refractivity contribution in [3.63, 3.8) is 0 Å². The highest BCUT2D eigenvalue weighted by Gasteiger charge is 2.43. The van der Waals surface area contributed by atoms with E-state index in [4.69, 9.17) is 14.2 Å². The summed E-state index contributed by atoms with van der Waals surface area (Å²) < 4.78 is 16.5. The predicted molar refractivity (Wildman–Crippen MR) is 92.1 cm³/mol. The van der Waals surface area contributed by atoms with Gasteiger partial charge in [0.2, 0.25) is 6.29 Å². The van der Waals surface area contributed by atoms with Gasteiger partial charge < -0.3 is 19.5 Å². The highest BCUT2D eigenvalue weighted by Crippen LogP contribution is 2.46. The number of hydrogen-bond donors (Lipinski definition) is 1. The average Bonchev–Trinajstić information content (AvgIpc) is 3.02. The Hall–Kier alpha value is -1.47. The molecule has 1 aliphatic carbocycles. The molecule has 1 saturated heterocycles. The van der Waals surface area contributed by atoms with E-state index < -0.39 is 0 Å². The second kappa shape index (κ2) is 6.80. The van der Waals surface area contributed by atoms with Crippen molar-refractivity contribution in [2.45, 2.75) is 38.1 Å². The maximum atomic E-state index is 5.52. The van der Waals surface area contributed by atoms with Gasteiger partial charge in [0.15, 0.2) is 0 Å². The van der Waals surface area contributed by atoms with Gasteiger partial charge in [-0.15, -0.1) is 11.3 Å². The molecule has 5 nitrogen and oxygen atoms in total. The molecule has 1 aromatic carbocycles. The maximum absolute atomic E-state index is 5.52. The third-order valence-electron chi connectivity index (χ3n) is 4.48. The molecule has 0 unspecified atom stereocenters. The Morgan fingerprint density at radius 3 is 2.67 bits per heavy atom. The van der Waals surface area contributed by atoms with Gasteiger partial charge in [0.25, 0.3) is 0 Å². The van der Waals surface area contributed by atoms with Gasteiger partial charge in [-0.05, 0) is 37.5 Å². The number of benzene rings is 1. The molecule has 2 aromatic rings. The summed E-state index contributed by atoms with van der Waals surface area (Å²) in [4.78, 5) is 4.64. The molecule has 1 aliphatic heterocycles. The highest BCUT2D eigenvalue weighted by molar-refractivity contribution is 7.09. The van der Waals surface area contributed by atoms with Crippen LogP contribution >= 0.6 is 11.3 Å². The zero-order valence-electron chi connectivity index (χ0n) is 13.8. The molecule has 2 fully saturated rings. The van der Waals surface area contributed by atoms with Crippen LogP contribution in [-0.2, 0) is 21.6 Å². The minimum absolute atomic E-state index is 0.0942. The van der Waals surface area contributed by atoms with Crippen LogP contribution in [0.1, 0.15) is 42.3 Å². The Bertz CT molecular complexity index is 676. The first-order chi connectivity index (χ1) is 11.8. The molecular formula is C18H22N2O3S. The quantitative estimate of drug-likeness (QED) is 0.833. The molecular weight excluding hydrogens is 324 g/mol. The number of hydrogen-bond acceptors (Lipinski definition) is 6. The molecule has 0 atom stereocenters. The Labute approximate surface area is 146 Å². The monoisotopic (exact) mass is 346 g/mol. The predicted octanol–water partition coefficient (Wildman–Crippen LogP) is 3.37. The largest absolute Gasteiger partial charge is 0.494 e. The lowest BCUT2D eigenvalue weighted by molar-refractivity contribution is -0.0469. The van der Waals surface area contributed by atoms with Crippen molar-refractivity contribution in [1.29, 1.82) is 0 Å². The number of ether oxygens (including phenoxy) is 3. The normalized spacial score (nSPS) is 19.5. The van der Waals surface area contributed by atoms with Crippen LogP contribution in [0, 0.1) is 0 Å². The van der Waals surface area contributed by atoms with Gasteiger partial charge in [0, 0.05) is 17.5 Å². The van der Waals surface area contributed by atoms with E-state index in [0.29, 0.717) is 19.8 Å². The maximum Gasteiger partial charge on any atom is 0.202 e. The van der Waals surface area contributed by atoms with Crippen molar-refractivity contribution in [3.05, 3.63) is 45.9 Å². The summed E-state index contributed by atoms with van der Waals surface area (Å²) in [6.07, 6.45) is 2.04. The van der Waals surface area contributed by atoms with Gasteiger partial charge in [0.05, 0.1) is 19.8 Å². The van der Waals surface area contributed by atoms with Gasteiger partial charge in [-0.25, -0.2) is 4.98 Å². The van der Waals surface area contributed by atoms with Gasteiger partial charge >= 0.3 is 0 Å². The summed E-state index contributed by atoms with van der Waals surface area (Å²) in [7, 11) is 0. The zero-order chi connectivity index (χ0) is 16.4. The summed E-state index contributed by atoms with van der Waals surface area (Å²) in [6, 6.07) is 8.44. The van der Waals surface area contributed by atoms with E-state index in [2.05, 4.69) is 34.6 Å². The Morgan fingerprint density at radius 1 is 1.25 bits per heavy atom. The number of aromatic nitrogens is 1. The molecule has 24 heavy (non-hydrogen) atoms. The number of rotatable bonds is 7. The van der Waals surface area contributed by atoms with Crippen LogP contribution in [0.25, 0.3) is 0 Å². The molecule has 1 N–H and O–H groups in total. The van der Waals surface area contributed by atoms with Crippen molar-refractivity contribution < 1.29 is 14.2 Å². The van der Waals surface area contributed by atoms with Gasteiger partial charge in [-0.1, -0.05) is 12.1 Å². The third-order valence-corrected chi connectivity index (χ3v) is 5.35. The van der Waals surface area contributed by atoms with E-state index in [1.54, 1.807) is 11.3 Å². The first-order valence-electron chi connectivity index (χ1n) is 8.45. The summed E-state index contributed by atoms with van der Waals surface area (Å²) in [5.74, 6) is 0.929. The van der Waals surface area contributed by atoms with Crippen LogP contribution in [0.4, 0.5) is 0 Å². The van der Waals surface area contributed by atoms with Crippen molar-refractivity contribution in [3.8, 4) is 5.75 Å². The SMILES string of the molecule is CCOc1ccc(C2(NCc3nc(C4OCCO4)cs3)CC2)cc1. The highest BCUT2D eigenvalue weighted by atomic mass is 32.1. The Kier molecular flexibility index (Phi) is 4.54. The van der Waals surface area contributed by atoms with Gasteiger partial charge in [-0.3, -0.25) is 0 Å². The summed E-state index contributed by atoms with van der Waals surface area (Å²) in [5.41, 5.74) is 2.31. The molecule has 2 aliphatic rings. The first kappa shape index (κ1) is 16.0. The van der Waals surface area contributed by atoms with Crippen LogP contribution < -0.4 is 10.1 Å². The lowest BCUT2D eigenvalue weighted by Gasteiger charge is -2.17. The minimum atomic E-state index is -0.281. The van der Waals surface area contributed by atoms with Crippen molar-refractivity contribution in [1.82, 2.24) is 10.3 Å². The molecule has 1 aromatic heterocycles. The van der Waals surface area contributed by atoms with Gasteiger partial charge in [-0.2, -0.15) is 0 Å². The van der Waals surface area contributed by atoms with Crippen molar-refractivity contribution in [2.24, 2.45) is 0 Å². The number of nitrogens with one attached hydrogen (secondary N) is 1. The fourth-order valence-corrected chi connectivity index (χ4v) is 3.75. The van der Waals surface area contributed by atoms with Gasteiger partial charge in [0.1, 0.15) is 16.5 Å². The Balaban J connectivity index is 1.38. The van der Waals surface area contributed by atoms with E-state index in [1.165, 1.54) is 5.56 Å². The first-order valence-corrected chi connectivity index (χ1v) is 9.33. The summed E-state index contributed by atoms with van der Waals surface area (Å²) in [6.45, 7) is 4.77. The second-order valence-electron chi connectivity index (χ2n) is 6.13. The average molecular weight is 346 g/mol. The molecule has 0 bridgehead atoms. The summed E-state index contributed by atoms with van der Waals surface area (Å²) >= 11 is 1.66. The van der Waals surface area contributed by atoms with Crippen LogP contribution in [0.5, 0.6) is 5.75 Å². The molecule has 1 saturated carbocycles. The minimum Gasteiger partial charge on any atom is -0.494 e. The van der Waals surface area contributed by atoms with E-state index in [-0.39, 0.29) is 11.8 Å². The summed E-state index contributed by atoms with van der Waals surface area (Å²) in [5, 5.41) is 6.79. The van der Waals surface area contributed by atoms with Crippen LogP contribution in [0.2, 0.25) is 0 Å². The van der Waals surface area contributed by atoms with E-state index >= 15 is 0 Å². The molecule has 2 heterocycles. The molecule has 4 rings (SSSR count). The smallest absolute Gasteiger partial charge is 0.202 e. The lowest BCUT2D eigenvalue weighted by Crippen LogP contribution is -2.28. The zero-order valence-corrected chi connectivity index (χ0v) is 14.6. The third kappa shape index (κ3) is 3.32. The van der Waals surface area contributed by atoms with Crippen LogP contribution in [-0.4, -0.2) is 24.8 Å².